The van der Waals surface area contributed by atoms with Crippen molar-refractivity contribution in [2.45, 2.75) is 172 Å². The van der Waals surface area contributed by atoms with Gasteiger partial charge >= 0.3 is 29.8 Å². The predicted octanol–water partition coefficient (Wildman–Crippen LogP) is -7.43. The van der Waals surface area contributed by atoms with Crippen molar-refractivity contribution >= 4 is 101 Å². The van der Waals surface area contributed by atoms with Gasteiger partial charge < -0.3 is 96.3 Å². The van der Waals surface area contributed by atoms with Gasteiger partial charge in [0.2, 0.25) is 70.9 Å². The van der Waals surface area contributed by atoms with E-state index in [-0.39, 0.29) is 12.3 Å². The van der Waals surface area contributed by atoms with Crippen LogP contribution in [0.25, 0.3) is 0 Å². The molecule has 0 aromatic heterocycles. The molecule has 35 nitrogen and oxygen atoms in total. The van der Waals surface area contributed by atoms with Crippen LogP contribution < -0.4 is 70.8 Å². The minimum Gasteiger partial charge on any atom is -0.481 e. The van der Waals surface area contributed by atoms with Crippen LogP contribution in [0.15, 0.2) is 0 Å². The van der Waals surface area contributed by atoms with Crippen LogP contribution >= 0.6 is 0 Å². The minimum absolute atomic E-state index is 0.0300. The fourth-order valence-corrected chi connectivity index (χ4v) is 7.04. The zero-order valence-electron chi connectivity index (χ0n) is 44.9. The Morgan fingerprint density at radius 1 is 0.333 bits per heavy atom. The Bertz CT molecular complexity index is 2360. The fraction of sp³-hybridized carbons (Fsp3) is 0.630. The first kappa shape index (κ1) is 72.0. The Morgan fingerprint density at radius 3 is 0.951 bits per heavy atom. The van der Waals surface area contributed by atoms with Crippen LogP contribution in [0, 0.1) is 11.8 Å². The number of carbonyl (C=O) groups excluding carboxylic acids is 12. The smallest absolute Gasteiger partial charge is 0.326 e. The Kier molecular flexibility index (Phi) is 31.5. The van der Waals surface area contributed by atoms with E-state index < -0.39 is 238 Å². The van der Waals surface area contributed by atoms with Gasteiger partial charge in [0.15, 0.2) is 0 Å². The van der Waals surface area contributed by atoms with Crippen molar-refractivity contribution in [3.63, 3.8) is 0 Å². The number of hydrogen-bond acceptors (Lipinski definition) is 18. The van der Waals surface area contributed by atoms with Gasteiger partial charge in [-0.1, -0.05) is 27.7 Å². The number of hydrogen-bond donors (Lipinski definition) is 18. The number of amides is 12. The fourth-order valence-electron chi connectivity index (χ4n) is 7.04. The predicted molar refractivity (Wildman–Crippen MR) is 272 cm³/mol. The van der Waals surface area contributed by atoms with E-state index in [9.17, 15) is 107 Å². The summed E-state index contributed by atoms with van der Waals surface area (Å²) in [7, 11) is 0. The minimum atomic E-state index is -2.25. The second-order valence-electron chi connectivity index (χ2n) is 19.2. The van der Waals surface area contributed by atoms with Crippen LogP contribution in [0.1, 0.15) is 112 Å². The molecule has 0 aromatic rings. The van der Waals surface area contributed by atoms with Gasteiger partial charge in [0.25, 0.3) is 0 Å². The van der Waals surface area contributed by atoms with E-state index in [0.29, 0.717) is 0 Å². The maximum absolute atomic E-state index is 13.9. The van der Waals surface area contributed by atoms with E-state index in [1.165, 1.54) is 20.8 Å². The van der Waals surface area contributed by atoms with Gasteiger partial charge in [0.05, 0.1) is 25.3 Å². The first-order chi connectivity index (χ1) is 37.4. The molecule has 0 bridgehead atoms. The van der Waals surface area contributed by atoms with Gasteiger partial charge in [0.1, 0.15) is 54.4 Å². The van der Waals surface area contributed by atoms with Gasteiger partial charge in [-0.2, -0.15) is 0 Å². The summed E-state index contributed by atoms with van der Waals surface area (Å²) in [6, 6.07) is -18.0. The summed E-state index contributed by atoms with van der Waals surface area (Å²) in [5.74, 6) is -24.0. The quantitative estimate of drug-likeness (QED) is 0.0271. The van der Waals surface area contributed by atoms with Crippen molar-refractivity contribution in [3.8, 4) is 0 Å². The molecule has 0 spiro atoms. The van der Waals surface area contributed by atoms with Crippen molar-refractivity contribution in [2.75, 3.05) is 0 Å². The Balaban J connectivity index is 6.91. The number of carboxylic acid groups (broad SMARTS) is 5. The van der Waals surface area contributed by atoms with E-state index in [2.05, 4.69) is 26.6 Å². The van der Waals surface area contributed by atoms with E-state index in [1.54, 1.807) is 13.8 Å². The molecule has 454 valence electrons. The first-order valence-corrected chi connectivity index (χ1v) is 24.9. The lowest BCUT2D eigenvalue weighted by atomic mass is 10.0. The molecule has 0 saturated heterocycles. The van der Waals surface area contributed by atoms with Crippen LogP contribution in [0.3, 0.4) is 0 Å². The van der Waals surface area contributed by atoms with Crippen LogP contribution in [0.4, 0.5) is 0 Å². The SMILES string of the molecule is CC(C)C[C@H](NC(=O)[C@H](C)N)C(=O)N[C@@H](CCC(N)=O)C(=O)N[C@@H](CC(=O)O)C(=O)N[C@H](C(=O)N[C@@H](CCC(=O)O)C(=O)N[C@@H](CC(=O)O)C(=O)N[C@@H](CCC(=O)O)C(=O)N[C@@H](CC(N)=O)C(=O)N[C@@H](CCC(N)=O)C(=O)O)C(C)C. The lowest BCUT2D eigenvalue weighted by molar-refractivity contribution is -0.143. The largest absolute Gasteiger partial charge is 0.481 e. The molecule has 0 aliphatic heterocycles. The van der Waals surface area contributed by atoms with Crippen molar-refractivity contribution in [1.29, 1.82) is 0 Å². The summed E-state index contributed by atoms with van der Waals surface area (Å²) in [5.41, 5.74) is 21.1. The van der Waals surface area contributed by atoms with Gasteiger partial charge in [0, 0.05) is 25.7 Å². The highest BCUT2D eigenvalue weighted by atomic mass is 16.4. The third-order valence-corrected chi connectivity index (χ3v) is 11.2. The molecule has 81 heavy (non-hydrogen) atoms. The monoisotopic (exact) mass is 1160 g/mol. The molecule has 0 saturated carbocycles. The Hall–Kier alpha value is -9.05. The van der Waals surface area contributed by atoms with Gasteiger partial charge in [-0.05, 0) is 50.9 Å². The molecule has 12 amide bonds. The van der Waals surface area contributed by atoms with Crippen LogP contribution in [-0.2, 0) is 81.5 Å². The number of aliphatic carboxylic acids is 5. The van der Waals surface area contributed by atoms with Crippen LogP contribution in [-0.4, -0.2) is 187 Å². The normalized spacial score (nSPS) is 14.6. The van der Waals surface area contributed by atoms with E-state index in [1.807, 2.05) is 21.3 Å². The highest BCUT2D eigenvalue weighted by Gasteiger charge is 2.38. The van der Waals surface area contributed by atoms with E-state index in [0.717, 1.165) is 0 Å². The molecule has 0 aliphatic carbocycles. The number of carboxylic acids is 5. The zero-order chi connectivity index (χ0) is 62.6. The number of nitrogens with one attached hydrogen (secondary N) is 9. The first-order valence-electron chi connectivity index (χ1n) is 24.9. The molecule has 0 rings (SSSR count). The lowest BCUT2D eigenvalue weighted by Gasteiger charge is -2.29. The molecule has 0 heterocycles. The molecule has 35 heteroatoms. The van der Waals surface area contributed by atoms with Gasteiger partial charge in [-0.25, -0.2) is 4.79 Å². The Morgan fingerprint density at radius 2 is 0.630 bits per heavy atom. The van der Waals surface area contributed by atoms with Crippen molar-refractivity contribution in [3.05, 3.63) is 0 Å². The maximum atomic E-state index is 13.9. The third-order valence-electron chi connectivity index (χ3n) is 11.2. The van der Waals surface area contributed by atoms with Crippen molar-refractivity contribution < 1.29 is 107 Å². The number of nitrogens with two attached hydrogens (primary N) is 4. The number of rotatable bonds is 40. The lowest BCUT2D eigenvalue weighted by Crippen LogP contribution is -2.61. The number of carbonyl (C=O) groups is 17. The van der Waals surface area contributed by atoms with Gasteiger partial charge in [-0.3, -0.25) is 76.7 Å². The summed E-state index contributed by atoms with van der Waals surface area (Å²) in [6.07, 6.45) is -9.09. The number of primary amides is 3. The molecule has 0 aromatic carbocycles. The Labute approximate surface area is 461 Å². The summed E-state index contributed by atoms with van der Waals surface area (Å²) < 4.78 is 0. The highest BCUT2D eigenvalue weighted by Crippen LogP contribution is 2.12. The molecule has 0 radical (unpaired) electrons. The molecule has 0 aliphatic rings. The molecule has 22 N–H and O–H groups in total. The summed E-state index contributed by atoms with van der Waals surface area (Å²) in [4.78, 5) is 215. The summed E-state index contributed by atoms with van der Waals surface area (Å²) in [6.45, 7) is 7.43. The molecule has 0 unspecified atom stereocenters. The summed E-state index contributed by atoms with van der Waals surface area (Å²) >= 11 is 0. The van der Waals surface area contributed by atoms with E-state index >= 15 is 0 Å². The zero-order valence-corrected chi connectivity index (χ0v) is 44.9. The topological polar surface area (TPSA) is 604 Å². The third kappa shape index (κ3) is 29.5. The molecule has 10 atom stereocenters. The van der Waals surface area contributed by atoms with Crippen molar-refractivity contribution in [2.24, 2.45) is 34.8 Å². The van der Waals surface area contributed by atoms with Crippen molar-refractivity contribution in [1.82, 2.24) is 47.9 Å². The second-order valence-corrected chi connectivity index (χ2v) is 19.2. The highest BCUT2D eigenvalue weighted by molar-refractivity contribution is 6.00. The second kappa shape index (κ2) is 35.5. The molecule has 0 fully saturated rings. The average molecular weight is 1160 g/mol. The summed E-state index contributed by atoms with van der Waals surface area (Å²) in [5, 5.41) is 67.0. The standard InChI is InChI=1S/C46H73N13O22/c1-18(2)14-25(55-37(71)20(5)47)41(75)51-21(6-10-29(48)60)38(72)58-28(17-35(69)70)44(78)59-36(19(3)4)45(79)53-23(9-13-33(65)66)40(74)57-27(16-34(67)68)43(77)52-22(8-12-32(63)64)39(73)56-26(15-31(50)62)42(76)54-24(46(80)81)7-11-30(49)61/h18-28,36H,6-17,47H2,1-5H3,(H2,48,60)(H2,49,61)(H2,50,62)(H,51,75)(H,52,77)(H,53,79)(H,54,76)(H,55,71)(H,56,73)(H,57,74)(H,58,72)(H,59,78)(H,63,64)(H,65,66)(H,67,68)(H,69,70)(H,80,81)/t20-,21-,22-,23-,24-,25-,26-,27-,28-,36-/m0/s1. The molecular weight excluding hydrogens is 1090 g/mol. The maximum Gasteiger partial charge on any atom is 0.326 e. The van der Waals surface area contributed by atoms with E-state index in [4.69, 9.17) is 22.9 Å². The van der Waals surface area contributed by atoms with Gasteiger partial charge in [-0.15, -0.1) is 0 Å². The van der Waals surface area contributed by atoms with Crippen LogP contribution in [0.2, 0.25) is 0 Å². The molecular formula is C46H73N13O22. The van der Waals surface area contributed by atoms with Crippen LogP contribution in [0.5, 0.6) is 0 Å². The average Bonchev–Trinajstić information content (AvgIpc) is 3.33.